The SMILES string of the molecule is Cc1ccc(C(=O)CN2C=CC=CC2)c(NC(=O)c2ccccc2C)c1. The van der Waals surface area contributed by atoms with E-state index >= 15 is 0 Å². The standard InChI is InChI=1S/C22H22N2O2/c1-16-10-11-19(21(25)15-24-12-6-3-7-13-24)20(14-16)23-22(26)18-9-5-4-8-17(18)2/h3-12,14H,13,15H2,1-2H3,(H,23,26). The van der Waals surface area contributed by atoms with Crippen molar-refractivity contribution < 1.29 is 9.59 Å². The van der Waals surface area contributed by atoms with Crippen molar-refractivity contribution in [3.05, 3.63) is 89.1 Å². The van der Waals surface area contributed by atoms with Gasteiger partial charge in [0.25, 0.3) is 5.91 Å². The Balaban J connectivity index is 1.82. The van der Waals surface area contributed by atoms with E-state index in [4.69, 9.17) is 0 Å². The van der Waals surface area contributed by atoms with Crippen LogP contribution in [-0.2, 0) is 0 Å². The smallest absolute Gasteiger partial charge is 0.255 e. The van der Waals surface area contributed by atoms with Crippen LogP contribution in [0, 0.1) is 13.8 Å². The first-order valence-corrected chi connectivity index (χ1v) is 8.63. The fourth-order valence-electron chi connectivity index (χ4n) is 2.92. The number of aryl methyl sites for hydroxylation is 2. The van der Waals surface area contributed by atoms with Gasteiger partial charge in [-0.25, -0.2) is 0 Å². The first kappa shape index (κ1) is 17.7. The van der Waals surface area contributed by atoms with Crippen molar-refractivity contribution in [3.63, 3.8) is 0 Å². The van der Waals surface area contributed by atoms with Gasteiger partial charge in [-0.1, -0.05) is 36.4 Å². The third-order valence-electron chi connectivity index (χ3n) is 4.34. The molecule has 0 saturated carbocycles. The van der Waals surface area contributed by atoms with Gasteiger partial charge in [0, 0.05) is 17.7 Å². The number of rotatable bonds is 5. The number of nitrogens with zero attached hydrogens (tertiary/aromatic N) is 1. The van der Waals surface area contributed by atoms with E-state index in [0.717, 1.165) is 11.1 Å². The van der Waals surface area contributed by atoms with Gasteiger partial charge in [-0.15, -0.1) is 0 Å². The van der Waals surface area contributed by atoms with Crippen molar-refractivity contribution in [2.24, 2.45) is 0 Å². The average Bonchev–Trinajstić information content (AvgIpc) is 2.63. The minimum atomic E-state index is -0.205. The Hall–Kier alpha value is -3.14. The van der Waals surface area contributed by atoms with Crippen LogP contribution in [0.5, 0.6) is 0 Å². The lowest BCUT2D eigenvalue weighted by atomic mass is 10.0. The molecule has 0 bridgehead atoms. The number of Topliss-reactive ketones (excluding diaryl/α,β-unsaturated/α-hetero) is 1. The van der Waals surface area contributed by atoms with Crippen molar-refractivity contribution in [3.8, 4) is 0 Å². The largest absolute Gasteiger partial charge is 0.366 e. The van der Waals surface area contributed by atoms with Gasteiger partial charge in [0.1, 0.15) is 0 Å². The van der Waals surface area contributed by atoms with E-state index < -0.39 is 0 Å². The summed E-state index contributed by atoms with van der Waals surface area (Å²) in [6.45, 7) is 4.82. The summed E-state index contributed by atoms with van der Waals surface area (Å²) in [7, 11) is 0. The molecule has 26 heavy (non-hydrogen) atoms. The highest BCUT2D eigenvalue weighted by Crippen LogP contribution is 2.21. The van der Waals surface area contributed by atoms with Gasteiger partial charge in [0.05, 0.1) is 12.2 Å². The molecule has 132 valence electrons. The van der Waals surface area contributed by atoms with Gasteiger partial charge in [-0.05, 0) is 55.4 Å². The Morgan fingerprint density at radius 1 is 1.04 bits per heavy atom. The fraction of sp³-hybridized carbons (Fsp3) is 0.182. The van der Waals surface area contributed by atoms with Crippen molar-refractivity contribution in [1.82, 2.24) is 4.90 Å². The highest BCUT2D eigenvalue weighted by atomic mass is 16.2. The third-order valence-corrected chi connectivity index (χ3v) is 4.34. The van der Waals surface area contributed by atoms with Gasteiger partial charge in [-0.2, -0.15) is 0 Å². The van der Waals surface area contributed by atoms with E-state index in [9.17, 15) is 9.59 Å². The Morgan fingerprint density at radius 3 is 2.58 bits per heavy atom. The normalized spacial score (nSPS) is 12.9. The molecule has 1 N–H and O–H groups in total. The summed E-state index contributed by atoms with van der Waals surface area (Å²) in [5, 5.41) is 2.92. The molecule has 0 saturated heterocycles. The van der Waals surface area contributed by atoms with Crippen molar-refractivity contribution in [1.29, 1.82) is 0 Å². The summed E-state index contributed by atoms with van der Waals surface area (Å²) in [5.74, 6) is -0.228. The van der Waals surface area contributed by atoms with E-state index in [1.54, 1.807) is 12.1 Å². The Kier molecular flexibility index (Phi) is 5.32. The number of ketones is 1. The van der Waals surface area contributed by atoms with Crippen LogP contribution in [0.25, 0.3) is 0 Å². The topological polar surface area (TPSA) is 49.4 Å². The van der Waals surface area contributed by atoms with Crippen molar-refractivity contribution in [2.45, 2.75) is 13.8 Å². The zero-order valence-corrected chi connectivity index (χ0v) is 15.0. The van der Waals surface area contributed by atoms with E-state index in [1.165, 1.54) is 0 Å². The molecule has 2 aromatic carbocycles. The lowest BCUT2D eigenvalue weighted by Gasteiger charge is -2.20. The van der Waals surface area contributed by atoms with E-state index in [1.807, 2.05) is 73.5 Å². The molecule has 0 unspecified atom stereocenters. The molecule has 0 aliphatic carbocycles. The van der Waals surface area contributed by atoms with E-state index in [2.05, 4.69) is 5.32 Å². The maximum Gasteiger partial charge on any atom is 0.255 e. The third kappa shape index (κ3) is 4.09. The number of amides is 1. The molecule has 3 rings (SSSR count). The number of carbonyl (C=O) groups is 2. The summed E-state index contributed by atoms with van der Waals surface area (Å²) in [5.41, 5.74) is 3.58. The molecule has 1 aliphatic heterocycles. The zero-order valence-electron chi connectivity index (χ0n) is 15.0. The average molecular weight is 346 g/mol. The highest BCUT2D eigenvalue weighted by Gasteiger charge is 2.17. The summed E-state index contributed by atoms with van der Waals surface area (Å²) >= 11 is 0. The second-order valence-corrected chi connectivity index (χ2v) is 6.44. The van der Waals surface area contributed by atoms with Crippen LogP contribution >= 0.6 is 0 Å². The number of benzene rings is 2. The first-order valence-electron chi connectivity index (χ1n) is 8.63. The van der Waals surface area contributed by atoms with Gasteiger partial charge in [0.15, 0.2) is 5.78 Å². The van der Waals surface area contributed by atoms with Crippen LogP contribution in [-0.4, -0.2) is 29.7 Å². The quantitative estimate of drug-likeness (QED) is 0.829. The molecule has 0 fully saturated rings. The summed E-state index contributed by atoms with van der Waals surface area (Å²) in [4.78, 5) is 27.4. The van der Waals surface area contributed by atoms with Gasteiger partial charge >= 0.3 is 0 Å². The molecule has 1 amide bonds. The Bertz CT molecular complexity index is 897. The van der Waals surface area contributed by atoms with Gasteiger partial charge in [0.2, 0.25) is 0 Å². The predicted octanol–water partition coefficient (Wildman–Crippen LogP) is 4.12. The Labute approximate surface area is 153 Å². The number of hydrogen-bond acceptors (Lipinski definition) is 3. The summed E-state index contributed by atoms with van der Waals surface area (Å²) in [6, 6.07) is 12.9. The monoisotopic (exact) mass is 346 g/mol. The van der Waals surface area contributed by atoms with Crippen LogP contribution in [0.2, 0.25) is 0 Å². The van der Waals surface area contributed by atoms with E-state index in [0.29, 0.717) is 23.4 Å². The van der Waals surface area contributed by atoms with Gasteiger partial charge in [-0.3, -0.25) is 9.59 Å². The predicted molar refractivity (Wildman–Crippen MR) is 104 cm³/mol. The second kappa shape index (κ2) is 7.83. The van der Waals surface area contributed by atoms with Crippen molar-refractivity contribution in [2.75, 3.05) is 18.4 Å². The number of nitrogens with one attached hydrogen (secondary N) is 1. The minimum absolute atomic E-state index is 0.0231. The highest BCUT2D eigenvalue weighted by molar-refractivity contribution is 6.10. The number of allylic oxidation sites excluding steroid dienone is 2. The minimum Gasteiger partial charge on any atom is -0.366 e. The maximum atomic E-state index is 12.8. The molecule has 1 aliphatic rings. The first-order chi connectivity index (χ1) is 12.5. The fourth-order valence-corrected chi connectivity index (χ4v) is 2.92. The molecule has 0 aromatic heterocycles. The molecular formula is C22H22N2O2. The van der Waals surface area contributed by atoms with Crippen LogP contribution in [0.3, 0.4) is 0 Å². The van der Waals surface area contributed by atoms with Crippen molar-refractivity contribution >= 4 is 17.4 Å². The molecule has 1 heterocycles. The summed E-state index contributed by atoms with van der Waals surface area (Å²) < 4.78 is 0. The lowest BCUT2D eigenvalue weighted by molar-refractivity contribution is 0.0960. The van der Waals surface area contributed by atoms with Crippen LogP contribution in [0.4, 0.5) is 5.69 Å². The van der Waals surface area contributed by atoms with Crippen LogP contribution in [0.1, 0.15) is 31.8 Å². The van der Waals surface area contributed by atoms with E-state index in [-0.39, 0.29) is 18.2 Å². The number of hydrogen-bond donors (Lipinski definition) is 1. The number of anilines is 1. The lowest BCUT2D eigenvalue weighted by Crippen LogP contribution is -2.27. The molecule has 0 spiro atoms. The zero-order chi connectivity index (χ0) is 18.5. The Morgan fingerprint density at radius 2 is 1.85 bits per heavy atom. The molecular weight excluding hydrogens is 324 g/mol. The van der Waals surface area contributed by atoms with Gasteiger partial charge < -0.3 is 10.2 Å². The van der Waals surface area contributed by atoms with Crippen LogP contribution < -0.4 is 5.32 Å². The second-order valence-electron chi connectivity index (χ2n) is 6.44. The molecule has 2 aromatic rings. The molecule has 0 radical (unpaired) electrons. The number of carbonyl (C=O) groups excluding carboxylic acids is 2. The maximum absolute atomic E-state index is 12.8. The molecule has 4 nitrogen and oxygen atoms in total. The molecule has 0 atom stereocenters. The summed E-state index contributed by atoms with van der Waals surface area (Å²) in [6.07, 6.45) is 7.77. The molecule has 4 heteroatoms. The van der Waals surface area contributed by atoms with Crippen LogP contribution in [0.15, 0.2) is 66.9 Å².